The number of halogens is 1. The molecule has 0 bridgehead atoms. The van der Waals surface area contributed by atoms with E-state index in [0.717, 1.165) is 43.2 Å². The summed E-state index contributed by atoms with van der Waals surface area (Å²) >= 11 is 6.23. The molecule has 1 fully saturated rings. The fraction of sp³-hybridized carbons (Fsp3) is 0.353. The van der Waals surface area contributed by atoms with Crippen molar-refractivity contribution in [2.24, 2.45) is 0 Å². The van der Waals surface area contributed by atoms with Crippen LogP contribution in [0.1, 0.15) is 11.1 Å². The Labute approximate surface area is 130 Å². The van der Waals surface area contributed by atoms with Gasteiger partial charge in [-0.15, -0.1) is 0 Å². The first-order valence-electron chi connectivity index (χ1n) is 7.27. The summed E-state index contributed by atoms with van der Waals surface area (Å²) in [5.41, 5.74) is 2.41. The van der Waals surface area contributed by atoms with Gasteiger partial charge in [-0.3, -0.25) is 9.88 Å². The third-order valence-electron chi connectivity index (χ3n) is 3.76. The number of hydrogen-bond donors (Lipinski definition) is 0. The predicted octanol–water partition coefficient (Wildman–Crippen LogP) is 3.18. The lowest BCUT2D eigenvalue weighted by Gasteiger charge is -2.33. The van der Waals surface area contributed by atoms with Gasteiger partial charge in [0.05, 0.1) is 12.7 Å². The van der Waals surface area contributed by atoms with E-state index in [4.69, 9.17) is 16.3 Å². The third-order valence-corrected chi connectivity index (χ3v) is 4.13. The van der Waals surface area contributed by atoms with Crippen molar-refractivity contribution < 1.29 is 4.74 Å². The van der Waals surface area contributed by atoms with E-state index in [9.17, 15) is 0 Å². The second-order valence-corrected chi connectivity index (χ2v) is 5.79. The average molecular weight is 303 g/mol. The minimum Gasteiger partial charge on any atom is -0.375 e. The minimum absolute atomic E-state index is 0.204. The molecule has 0 radical (unpaired) electrons. The number of nitrogens with zero attached hydrogens (tertiary/aromatic N) is 2. The molecule has 0 aliphatic carbocycles. The molecule has 1 aliphatic rings. The van der Waals surface area contributed by atoms with E-state index in [2.05, 4.69) is 22.0 Å². The van der Waals surface area contributed by atoms with Gasteiger partial charge in [0.1, 0.15) is 0 Å². The highest BCUT2D eigenvalue weighted by Crippen LogP contribution is 2.20. The Balaban J connectivity index is 1.60. The number of pyridine rings is 1. The van der Waals surface area contributed by atoms with Crippen molar-refractivity contribution in [3.63, 3.8) is 0 Å². The van der Waals surface area contributed by atoms with Crippen LogP contribution < -0.4 is 0 Å². The second kappa shape index (κ2) is 7.03. The smallest absolute Gasteiger partial charge is 0.0743 e. The van der Waals surface area contributed by atoms with Crippen LogP contribution in [-0.4, -0.2) is 35.7 Å². The van der Waals surface area contributed by atoms with Crippen molar-refractivity contribution in [1.29, 1.82) is 0 Å². The van der Waals surface area contributed by atoms with Gasteiger partial charge in [-0.2, -0.15) is 0 Å². The van der Waals surface area contributed by atoms with Crippen LogP contribution >= 0.6 is 11.6 Å². The van der Waals surface area contributed by atoms with Gasteiger partial charge in [0.25, 0.3) is 0 Å². The van der Waals surface area contributed by atoms with Crippen LogP contribution in [0.4, 0.5) is 0 Å². The molecule has 3 nitrogen and oxygen atoms in total. The molecular weight excluding hydrogens is 284 g/mol. The summed E-state index contributed by atoms with van der Waals surface area (Å²) in [7, 11) is 0. The van der Waals surface area contributed by atoms with E-state index in [1.54, 1.807) is 0 Å². The molecule has 21 heavy (non-hydrogen) atoms. The van der Waals surface area contributed by atoms with Gasteiger partial charge in [0.2, 0.25) is 0 Å². The van der Waals surface area contributed by atoms with Crippen LogP contribution in [0.25, 0.3) is 0 Å². The van der Waals surface area contributed by atoms with E-state index in [0.29, 0.717) is 0 Å². The SMILES string of the molecule is Clc1ccccc1C[C@@H]1CN(Cc2cccnc2)CCO1. The molecule has 0 saturated carbocycles. The molecule has 0 spiro atoms. The fourth-order valence-corrected chi connectivity index (χ4v) is 2.92. The summed E-state index contributed by atoms with van der Waals surface area (Å²) < 4.78 is 5.89. The summed E-state index contributed by atoms with van der Waals surface area (Å²) in [5.74, 6) is 0. The molecule has 1 aromatic carbocycles. The molecule has 2 aromatic rings. The number of aromatic nitrogens is 1. The molecular formula is C17H19ClN2O. The zero-order chi connectivity index (χ0) is 14.5. The zero-order valence-electron chi connectivity index (χ0n) is 11.9. The highest BCUT2D eigenvalue weighted by atomic mass is 35.5. The fourth-order valence-electron chi connectivity index (χ4n) is 2.71. The summed E-state index contributed by atoms with van der Waals surface area (Å²) in [6.45, 7) is 3.60. The zero-order valence-corrected chi connectivity index (χ0v) is 12.7. The number of benzene rings is 1. The Bertz CT molecular complexity index is 576. The molecule has 0 unspecified atom stereocenters. The highest BCUT2D eigenvalue weighted by Gasteiger charge is 2.21. The average Bonchev–Trinajstić information content (AvgIpc) is 2.51. The summed E-state index contributed by atoms with van der Waals surface area (Å²) in [5, 5.41) is 0.825. The van der Waals surface area contributed by atoms with E-state index < -0.39 is 0 Å². The van der Waals surface area contributed by atoms with Gasteiger partial charge >= 0.3 is 0 Å². The number of rotatable bonds is 4. The van der Waals surface area contributed by atoms with Gasteiger partial charge < -0.3 is 4.74 Å². The second-order valence-electron chi connectivity index (χ2n) is 5.38. The quantitative estimate of drug-likeness (QED) is 0.867. The van der Waals surface area contributed by atoms with Crippen molar-refractivity contribution in [3.8, 4) is 0 Å². The van der Waals surface area contributed by atoms with Crippen molar-refractivity contribution in [1.82, 2.24) is 9.88 Å². The first kappa shape index (κ1) is 14.5. The molecule has 1 aliphatic heterocycles. The molecule has 0 amide bonds. The minimum atomic E-state index is 0.204. The Morgan fingerprint density at radius 1 is 1.24 bits per heavy atom. The maximum atomic E-state index is 6.23. The van der Waals surface area contributed by atoms with Crippen LogP contribution in [0.3, 0.4) is 0 Å². The summed E-state index contributed by atoms with van der Waals surface area (Å²) in [4.78, 5) is 6.59. The lowest BCUT2D eigenvalue weighted by atomic mass is 10.1. The lowest BCUT2D eigenvalue weighted by molar-refractivity contribution is -0.0305. The third kappa shape index (κ3) is 4.03. The maximum Gasteiger partial charge on any atom is 0.0743 e. The van der Waals surface area contributed by atoms with Gasteiger partial charge in [0.15, 0.2) is 0 Å². The lowest BCUT2D eigenvalue weighted by Crippen LogP contribution is -2.42. The predicted molar refractivity (Wildman–Crippen MR) is 84.4 cm³/mol. The summed E-state index contributed by atoms with van der Waals surface area (Å²) in [6.07, 6.45) is 4.81. The maximum absolute atomic E-state index is 6.23. The summed E-state index contributed by atoms with van der Waals surface area (Å²) in [6, 6.07) is 12.1. The Hall–Kier alpha value is -1.42. The van der Waals surface area contributed by atoms with Crippen molar-refractivity contribution in [2.75, 3.05) is 19.7 Å². The van der Waals surface area contributed by atoms with E-state index in [1.165, 1.54) is 5.56 Å². The van der Waals surface area contributed by atoms with Crippen LogP contribution in [-0.2, 0) is 17.7 Å². The van der Waals surface area contributed by atoms with Gasteiger partial charge in [-0.1, -0.05) is 35.9 Å². The van der Waals surface area contributed by atoms with Crippen LogP contribution in [0, 0.1) is 0 Å². The Morgan fingerprint density at radius 2 is 2.14 bits per heavy atom. The molecule has 4 heteroatoms. The van der Waals surface area contributed by atoms with Crippen LogP contribution in [0.5, 0.6) is 0 Å². The van der Waals surface area contributed by atoms with Crippen molar-refractivity contribution >= 4 is 11.6 Å². The Kier molecular flexibility index (Phi) is 4.86. The van der Waals surface area contributed by atoms with E-state index in [1.807, 2.05) is 36.7 Å². The molecule has 1 aromatic heterocycles. The molecule has 1 atom stereocenters. The number of ether oxygens (including phenoxy) is 1. The van der Waals surface area contributed by atoms with Crippen molar-refractivity contribution in [2.45, 2.75) is 19.1 Å². The largest absolute Gasteiger partial charge is 0.375 e. The topological polar surface area (TPSA) is 25.4 Å². The van der Waals surface area contributed by atoms with Crippen molar-refractivity contribution in [3.05, 3.63) is 64.9 Å². The van der Waals surface area contributed by atoms with Crippen LogP contribution in [0.15, 0.2) is 48.8 Å². The molecule has 3 rings (SSSR count). The number of hydrogen-bond acceptors (Lipinski definition) is 3. The monoisotopic (exact) mass is 302 g/mol. The van der Waals surface area contributed by atoms with E-state index in [-0.39, 0.29) is 6.10 Å². The molecule has 2 heterocycles. The molecule has 110 valence electrons. The van der Waals surface area contributed by atoms with E-state index >= 15 is 0 Å². The number of morpholine rings is 1. The van der Waals surface area contributed by atoms with Gasteiger partial charge in [-0.05, 0) is 23.3 Å². The van der Waals surface area contributed by atoms with Crippen LogP contribution in [0.2, 0.25) is 5.02 Å². The molecule has 0 N–H and O–H groups in total. The first-order valence-corrected chi connectivity index (χ1v) is 7.65. The normalized spacial score (nSPS) is 19.6. The first-order chi connectivity index (χ1) is 10.3. The van der Waals surface area contributed by atoms with Gasteiger partial charge in [0, 0.05) is 43.5 Å². The molecule has 1 saturated heterocycles. The van der Waals surface area contributed by atoms with Gasteiger partial charge in [-0.25, -0.2) is 0 Å². The highest BCUT2D eigenvalue weighted by molar-refractivity contribution is 6.31. The standard InChI is InChI=1S/C17H19ClN2O/c18-17-6-2-1-5-15(17)10-16-13-20(8-9-21-16)12-14-4-3-7-19-11-14/h1-7,11,16H,8-10,12-13H2/t16-/m1/s1. The Morgan fingerprint density at radius 3 is 2.95 bits per heavy atom.